The van der Waals surface area contributed by atoms with Crippen LogP contribution in [0.2, 0.25) is 0 Å². The first-order chi connectivity index (χ1) is 10.2. The summed E-state index contributed by atoms with van der Waals surface area (Å²) < 4.78 is 1.63. The number of nitrogens with two attached hydrogens (primary N) is 1. The molecule has 1 atom stereocenters. The Bertz CT molecular complexity index is 606. The quantitative estimate of drug-likeness (QED) is 0.802. The molecule has 3 N–H and O–H groups in total. The van der Waals surface area contributed by atoms with Gasteiger partial charge in [0.15, 0.2) is 5.69 Å². The minimum Gasteiger partial charge on any atom is -0.397 e. The summed E-state index contributed by atoms with van der Waals surface area (Å²) in [7, 11) is 0. The van der Waals surface area contributed by atoms with E-state index in [0.717, 1.165) is 24.9 Å². The van der Waals surface area contributed by atoms with Crippen molar-refractivity contribution in [3.8, 4) is 5.69 Å². The van der Waals surface area contributed by atoms with Gasteiger partial charge in [0, 0.05) is 12.2 Å². The highest BCUT2D eigenvalue weighted by Crippen LogP contribution is 2.15. The topological polar surface area (TPSA) is 72.9 Å². The molecule has 0 fully saturated rings. The maximum absolute atomic E-state index is 12.2. The average Bonchev–Trinajstić information content (AvgIpc) is 2.97. The largest absolute Gasteiger partial charge is 0.397 e. The summed E-state index contributed by atoms with van der Waals surface area (Å²) in [5.74, 6) is -0.136. The number of amides is 1. The molecule has 0 saturated carbocycles. The predicted molar refractivity (Wildman–Crippen MR) is 84.4 cm³/mol. The number of aromatic nitrogens is 2. The lowest BCUT2D eigenvalue weighted by molar-refractivity contribution is 0.0928. The second kappa shape index (κ2) is 6.92. The Morgan fingerprint density at radius 1 is 1.33 bits per heavy atom. The second-order valence-corrected chi connectivity index (χ2v) is 5.07. The Balaban J connectivity index is 2.13. The molecule has 1 unspecified atom stereocenters. The van der Waals surface area contributed by atoms with Crippen LogP contribution >= 0.6 is 0 Å². The zero-order valence-electron chi connectivity index (χ0n) is 12.5. The Labute approximate surface area is 125 Å². The molecule has 5 nitrogen and oxygen atoms in total. The number of hydrogen-bond acceptors (Lipinski definition) is 3. The minimum atomic E-state index is -0.136. The van der Waals surface area contributed by atoms with Crippen LogP contribution in [0.5, 0.6) is 0 Å². The van der Waals surface area contributed by atoms with Crippen molar-refractivity contribution >= 4 is 11.6 Å². The molecule has 1 aromatic heterocycles. The molecule has 0 spiro atoms. The van der Waals surface area contributed by atoms with Gasteiger partial charge in [0.2, 0.25) is 0 Å². The fourth-order valence-electron chi connectivity index (χ4n) is 2.26. The summed E-state index contributed by atoms with van der Waals surface area (Å²) in [6, 6.07) is 9.35. The molecule has 0 bridgehead atoms. The van der Waals surface area contributed by atoms with Gasteiger partial charge in [-0.1, -0.05) is 32.4 Å². The molecule has 0 radical (unpaired) electrons. The molecule has 0 aliphatic rings. The highest BCUT2D eigenvalue weighted by Gasteiger charge is 2.14. The summed E-state index contributed by atoms with van der Waals surface area (Å²) in [4.78, 5) is 12.2. The Morgan fingerprint density at radius 3 is 2.76 bits per heavy atom. The number of hydrogen-bond donors (Lipinski definition) is 2. The van der Waals surface area contributed by atoms with Crippen molar-refractivity contribution < 1.29 is 4.79 Å². The van der Waals surface area contributed by atoms with Gasteiger partial charge in [-0.05, 0) is 31.0 Å². The van der Waals surface area contributed by atoms with Crippen molar-refractivity contribution in [3.63, 3.8) is 0 Å². The lowest BCUT2D eigenvalue weighted by Gasteiger charge is -2.14. The number of carbonyl (C=O) groups is 1. The van der Waals surface area contributed by atoms with Crippen molar-refractivity contribution in [1.29, 1.82) is 0 Å². The van der Waals surface area contributed by atoms with Crippen LogP contribution in [-0.4, -0.2) is 21.7 Å². The SMILES string of the molecule is CCCC(CC)NC(=O)c1ccn(-c2ccccc2N)n1. The number of benzene rings is 1. The van der Waals surface area contributed by atoms with E-state index in [1.165, 1.54) is 0 Å². The van der Waals surface area contributed by atoms with Crippen molar-refractivity contribution in [3.05, 3.63) is 42.2 Å². The van der Waals surface area contributed by atoms with E-state index < -0.39 is 0 Å². The van der Waals surface area contributed by atoms with E-state index >= 15 is 0 Å². The van der Waals surface area contributed by atoms with Crippen molar-refractivity contribution in [2.24, 2.45) is 0 Å². The standard InChI is InChI=1S/C16H22N4O/c1-3-7-12(4-2)18-16(21)14-10-11-20(19-14)15-9-6-5-8-13(15)17/h5-6,8-12H,3-4,7,17H2,1-2H3,(H,18,21). The molecule has 1 amide bonds. The van der Waals surface area contributed by atoms with Crippen LogP contribution in [-0.2, 0) is 0 Å². The Hall–Kier alpha value is -2.30. The summed E-state index contributed by atoms with van der Waals surface area (Å²) >= 11 is 0. The first-order valence-corrected chi connectivity index (χ1v) is 7.37. The van der Waals surface area contributed by atoms with Gasteiger partial charge in [-0.2, -0.15) is 5.10 Å². The summed E-state index contributed by atoms with van der Waals surface area (Å²) in [6.45, 7) is 4.19. The van der Waals surface area contributed by atoms with Crippen LogP contribution in [0.4, 0.5) is 5.69 Å². The van der Waals surface area contributed by atoms with Crippen LogP contribution in [0.15, 0.2) is 36.5 Å². The normalized spacial score (nSPS) is 12.1. The zero-order chi connectivity index (χ0) is 15.2. The van der Waals surface area contributed by atoms with E-state index in [1.54, 1.807) is 16.9 Å². The van der Waals surface area contributed by atoms with E-state index in [1.807, 2.05) is 24.3 Å². The van der Waals surface area contributed by atoms with E-state index in [-0.39, 0.29) is 11.9 Å². The third-order valence-electron chi connectivity index (χ3n) is 3.47. The van der Waals surface area contributed by atoms with Crippen LogP contribution in [0.3, 0.4) is 0 Å². The van der Waals surface area contributed by atoms with Gasteiger partial charge >= 0.3 is 0 Å². The molecule has 112 valence electrons. The van der Waals surface area contributed by atoms with Gasteiger partial charge in [-0.15, -0.1) is 0 Å². The third-order valence-corrected chi connectivity index (χ3v) is 3.47. The van der Waals surface area contributed by atoms with E-state index in [4.69, 9.17) is 5.73 Å². The van der Waals surface area contributed by atoms with Crippen LogP contribution in [0.25, 0.3) is 5.69 Å². The predicted octanol–water partition coefficient (Wildman–Crippen LogP) is 2.76. The number of carbonyl (C=O) groups excluding carboxylic acids is 1. The lowest BCUT2D eigenvalue weighted by Crippen LogP contribution is -2.34. The van der Waals surface area contributed by atoms with E-state index in [9.17, 15) is 4.79 Å². The van der Waals surface area contributed by atoms with Gasteiger partial charge in [-0.25, -0.2) is 4.68 Å². The van der Waals surface area contributed by atoms with Gasteiger partial charge in [0.25, 0.3) is 5.91 Å². The second-order valence-electron chi connectivity index (χ2n) is 5.07. The molecule has 2 rings (SSSR count). The molecule has 0 saturated heterocycles. The summed E-state index contributed by atoms with van der Waals surface area (Å²) in [5.41, 5.74) is 7.73. The highest BCUT2D eigenvalue weighted by molar-refractivity contribution is 5.92. The molecular weight excluding hydrogens is 264 g/mol. The molecule has 1 aromatic carbocycles. The van der Waals surface area contributed by atoms with Crippen molar-refractivity contribution in [2.45, 2.75) is 39.2 Å². The van der Waals surface area contributed by atoms with Gasteiger partial charge in [0.1, 0.15) is 0 Å². The Kier molecular flexibility index (Phi) is 4.98. The molecule has 0 aliphatic heterocycles. The zero-order valence-corrected chi connectivity index (χ0v) is 12.5. The Morgan fingerprint density at radius 2 is 2.10 bits per heavy atom. The maximum atomic E-state index is 12.2. The van der Waals surface area contributed by atoms with Crippen LogP contribution in [0.1, 0.15) is 43.6 Å². The summed E-state index contributed by atoms with van der Waals surface area (Å²) in [5, 5.41) is 7.33. The number of para-hydroxylation sites is 2. The number of nitrogens with one attached hydrogen (secondary N) is 1. The van der Waals surface area contributed by atoms with Gasteiger partial charge in [-0.3, -0.25) is 4.79 Å². The number of nitrogen functional groups attached to an aromatic ring is 1. The van der Waals surface area contributed by atoms with Crippen molar-refractivity contribution in [2.75, 3.05) is 5.73 Å². The molecule has 1 heterocycles. The van der Waals surface area contributed by atoms with E-state index in [0.29, 0.717) is 11.4 Å². The summed E-state index contributed by atoms with van der Waals surface area (Å²) in [6.07, 6.45) is 4.70. The fourth-order valence-corrected chi connectivity index (χ4v) is 2.26. The molecule has 5 heteroatoms. The van der Waals surface area contributed by atoms with Gasteiger partial charge in [0.05, 0.1) is 11.4 Å². The average molecular weight is 286 g/mol. The minimum absolute atomic E-state index is 0.136. The number of rotatable bonds is 6. The highest BCUT2D eigenvalue weighted by atomic mass is 16.2. The third kappa shape index (κ3) is 3.62. The molecule has 0 aliphatic carbocycles. The fraction of sp³-hybridized carbons (Fsp3) is 0.375. The monoisotopic (exact) mass is 286 g/mol. The van der Waals surface area contributed by atoms with E-state index in [2.05, 4.69) is 24.3 Å². The van der Waals surface area contributed by atoms with Crippen molar-refractivity contribution in [1.82, 2.24) is 15.1 Å². The van der Waals surface area contributed by atoms with Gasteiger partial charge < -0.3 is 11.1 Å². The molecule has 21 heavy (non-hydrogen) atoms. The van der Waals surface area contributed by atoms with Crippen LogP contribution < -0.4 is 11.1 Å². The molecule has 2 aromatic rings. The maximum Gasteiger partial charge on any atom is 0.272 e. The number of anilines is 1. The smallest absolute Gasteiger partial charge is 0.272 e. The first kappa shape index (κ1) is 15.1. The van der Waals surface area contributed by atoms with Crippen LogP contribution in [0, 0.1) is 0 Å². The molecular formula is C16H22N4O. The first-order valence-electron chi connectivity index (χ1n) is 7.37. The lowest BCUT2D eigenvalue weighted by atomic mass is 10.1. The number of nitrogens with zero attached hydrogens (tertiary/aromatic N) is 2.